The Balaban J connectivity index is 1.48. The SMILES string of the molecule is CN(C(=O)c1ccc(C(F)(F)F)cc1)C1CCN(CCN2CCNC2=O)CC1. The van der Waals surface area contributed by atoms with Crippen LogP contribution < -0.4 is 5.32 Å². The largest absolute Gasteiger partial charge is 0.416 e. The van der Waals surface area contributed by atoms with Crippen LogP contribution in [0.1, 0.15) is 28.8 Å². The van der Waals surface area contributed by atoms with Gasteiger partial charge in [0.15, 0.2) is 0 Å². The third-order valence-electron chi connectivity index (χ3n) is 5.52. The molecular formula is C19H25F3N4O2. The summed E-state index contributed by atoms with van der Waals surface area (Å²) in [4.78, 5) is 29.9. The third-order valence-corrected chi connectivity index (χ3v) is 5.52. The van der Waals surface area contributed by atoms with Crippen molar-refractivity contribution in [3.05, 3.63) is 35.4 Å². The lowest BCUT2D eigenvalue weighted by Crippen LogP contribution is -2.47. The molecule has 2 aliphatic heterocycles. The Morgan fingerprint density at radius 3 is 2.32 bits per heavy atom. The van der Waals surface area contributed by atoms with Crippen LogP contribution in [-0.2, 0) is 6.18 Å². The van der Waals surface area contributed by atoms with Crippen LogP contribution in [0.15, 0.2) is 24.3 Å². The molecule has 2 saturated heterocycles. The average molecular weight is 398 g/mol. The number of benzene rings is 1. The van der Waals surface area contributed by atoms with Crippen molar-refractivity contribution < 1.29 is 22.8 Å². The van der Waals surface area contributed by atoms with E-state index >= 15 is 0 Å². The Bertz CT molecular complexity index is 700. The number of piperidine rings is 1. The van der Waals surface area contributed by atoms with Gasteiger partial charge in [0.25, 0.3) is 5.91 Å². The van der Waals surface area contributed by atoms with Gasteiger partial charge in [-0.3, -0.25) is 4.79 Å². The van der Waals surface area contributed by atoms with Crippen molar-refractivity contribution in [2.45, 2.75) is 25.1 Å². The van der Waals surface area contributed by atoms with E-state index in [0.29, 0.717) is 13.1 Å². The Morgan fingerprint density at radius 1 is 1.14 bits per heavy atom. The molecule has 0 unspecified atom stereocenters. The van der Waals surface area contributed by atoms with Gasteiger partial charge in [0.05, 0.1) is 5.56 Å². The fourth-order valence-electron chi connectivity index (χ4n) is 3.69. The number of nitrogens with one attached hydrogen (secondary N) is 1. The normalized spacial score (nSPS) is 19.0. The zero-order valence-electron chi connectivity index (χ0n) is 15.8. The summed E-state index contributed by atoms with van der Waals surface area (Å²) in [5, 5.41) is 2.78. The van der Waals surface area contributed by atoms with Crippen molar-refractivity contribution >= 4 is 11.9 Å². The van der Waals surface area contributed by atoms with Crippen molar-refractivity contribution in [1.29, 1.82) is 0 Å². The molecule has 1 N–H and O–H groups in total. The maximum atomic E-state index is 12.7. The molecule has 2 heterocycles. The van der Waals surface area contributed by atoms with Crippen LogP contribution in [0.3, 0.4) is 0 Å². The predicted octanol–water partition coefficient (Wildman–Crippen LogP) is 2.27. The molecule has 154 valence electrons. The van der Waals surface area contributed by atoms with Crippen LogP contribution in [0.4, 0.5) is 18.0 Å². The summed E-state index contributed by atoms with van der Waals surface area (Å²) in [6, 6.07) is 4.39. The molecule has 0 bridgehead atoms. The molecule has 0 aliphatic carbocycles. The number of urea groups is 1. The van der Waals surface area contributed by atoms with Crippen molar-refractivity contribution in [3.63, 3.8) is 0 Å². The zero-order chi connectivity index (χ0) is 20.3. The number of carbonyl (C=O) groups excluding carboxylic acids is 2. The summed E-state index contributed by atoms with van der Waals surface area (Å²) in [6.45, 7) is 4.57. The molecule has 0 saturated carbocycles. The maximum Gasteiger partial charge on any atom is 0.416 e. The molecule has 0 aromatic heterocycles. The van der Waals surface area contributed by atoms with Crippen molar-refractivity contribution in [2.24, 2.45) is 0 Å². The van der Waals surface area contributed by atoms with Crippen LogP contribution in [0.5, 0.6) is 0 Å². The van der Waals surface area contributed by atoms with E-state index in [9.17, 15) is 22.8 Å². The lowest BCUT2D eigenvalue weighted by Gasteiger charge is -2.37. The molecule has 3 amide bonds. The summed E-state index contributed by atoms with van der Waals surface area (Å²) in [5.41, 5.74) is -0.496. The molecular weight excluding hydrogens is 373 g/mol. The van der Waals surface area contributed by atoms with Gasteiger partial charge in [-0.05, 0) is 37.1 Å². The van der Waals surface area contributed by atoms with Crippen molar-refractivity contribution in [1.82, 2.24) is 20.0 Å². The van der Waals surface area contributed by atoms with Crippen molar-refractivity contribution in [3.8, 4) is 0 Å². The van der Waals surface area contributed by atoms with Crippen LogP contribution in [0.25, 0.3) is 0 Å². The second-order valence-electron chi connectivity index (χ2n) is 7.28. The number of alkyl halides is 3. The van der Waals surface area contributed by atoms with E-state index in [-0.39, 0.29) is 23.5 Å². The number of likely N-dealkylation sites (tertiary alicyclic amines) is 1. The van der Waals surface area contributed by atoms with Gasteiger partial charge in [-0.2, -0.15) is 13.2 Å². The van der Waals surface area contributed by atoms with E-state index in [1.54, 1.807) is 16.8 Å². The summed E-state index contributed by atoms with van der Waals surface area (Å²) in [5.74, 6) is -0.263. The average Bonchev–Trinajstić information content (AvgIpc) is 3.10. The summed E-state index contributed by atoms with van der Waals surface area (Å²) >= 11 is 0. The second-order valence-corrected chi connectivity index (χ2v) is 7.28. The summed E-state index contributed by atoms with van der Waals surface area (Å²) in [6.07, 6.45) is -2.81. The standard InChI is InChI=1S/C19H25F3N4O2/c1-24(17(27)14-2-4-15(5-3-14)19(20,21)22)16-6-9-25(10-7-16)12-13-26-11-8-23-18(26)28/h2-5,16H,6-13H2,1H3,(H,23,28). The minimum atomic E-state index is -4.41. The minimum absolute atomic E-state index is 0.0169. The first-order valence-corrected chi connectivity index (χ1v) is 9.45. The van der Waals surface area contributed by atoms with E-state index in [0.717, 1.165) is 51.2 Å². The molecule has 9 heteroatoms. The molecule has 3 rings (SSSR count). The van der Waals surface area contributed by atoms with Crippen LogP contribution in [0, 0.1) is 0 Å². The number of halogens is 3. The quantitative estimate of drug-likeness (QED) is 0.828. The molecule has 1 aromatic rings. The van der Waals surface area contributed by atoms with E-state index < -0.39 is 11.7 Å². The summed E-state index contributed by atoms with van der Waals surface area (Å²) < 4.78 is 38.0. The number of hydrogen-bond acceptors (Lipinski definition) is 3. The fraction of sp³-hybridized carbons (Fsp3) is 0.579. The van der Waals surface area contributed by atoms with Crippen molar-refractivity contribution in [2.75, 3.05) is 46.3 Å². The Kier molecular flexibility index (Phi) is 6.12. The lowest BCUT2D eigenvalue weighted by molar-refractivity contribution is -0.137. The van der Waals surface area contributed by atoms with Gasteiger partial charge in [-0.1, -0.05) is 0 Å². The Hall–Kier alpha value is -2.29. The van der Waals surface area contributed by atoms with Gasteiger partial charge >= 0.3 is 12.2 Å². The van der Waals surface area contributed by atoms with Gasteiger partial charge < -0.3 is 20.0 Å². The first-order chi connectivity index (χ1) is 13.3. The van der Waals surface area contributed by atoms with Crippen LogP contribution >= 0.6 is 0 Å². The highest BCUT2D eigenvalue weighted by Crippen LogP contribution is 2.29. The molecule has 0 atom stereocenters. The van der Waals surface area contributed by atoms with Gasteiger partial charge in [-0.25, -0.2) is 4.79 Å². The van der Waals surface area contributed by atoms with E-state index in [1.807, 2.05) is 0 Å². The number of rotatable bonds is 5. The third kappa shape index (κ3) is 4.76. The molecule has 1 aromatic carbocycles. The van der Waals surface area contributed by atoms with Crippen LogP contribution in [-0.4, -0.2) is 79.0 Å². The highest BCUT2D eigenvalue weighted by molar-refractivity contribution is 5.94. The lowest BCUT2D eigenvalue weighted by atomic mass is 10.0. The van der Waals surface area contributed by atoms with E-state index in [4.69, 9.17) is 0 Å². The highest BCUT2D eigenvalue weighted by atomic mass is 19.4. The smallest absolute Gasteiger partial charge is 0.339 e. The van der Waals surface area contributed by atoms with E-state index in [2.05, 4.69) is 10.2 Å². The zero-order valence-corrected chi connectivity index (χ0v) is 15.8. The molecule has 2 aliphatic rings. The molecule has 2 fully saturated rings. The number of carbonyl (C=O) groups is 2. The number of hydrogen-bond donors (Lipinski definition) is 1. The fourth-order valence-corrected chi connectivity index (χ4v) is 3.69. The molecule has 28 heavy (non-hydrogen) atoms. The first-order valence-electron chi connectivity index (χ1n) is 9.45. The van der Waals surface area contributed by atoms with Crippen LogP contribution in [0.2, 0.25) is 0 Å². The molecule has 6 nitrogen and oxygen atoms in total. The molecule has 0 radical (unpaired) electrons. The second kappa shape index (κ2) is 8.38. The predicted molar refractivity (Wildman–Crippen MR) is 98.0 cm³/mol. The minimum Gasteiger partial charge on any atom is -0.339 e. The molecule has 0 spiro atoms. The monoisotopic (exact) mass is 398 g/mol. The highest BCUT2D eigenvalue weighted by Gasteiger charge is 2.31. The number of amides is 3. The van der Waals surface area contributed by atoms with Gasteiger partial charge in [-0.15, -0.1) is 0 Å². The Labute approximate surface area is 162 Å². The summed E-state index contributed by atoms with van der Waals surface area (Å²) in [7, 11) is 1.70. The van der Waals surface area contributed by atoms with Gasteiger partial charge in [0.1, 0.15) is 0 Å². The topological polar surface area (TPSA) is 55.9 Å². The maximum absolute atomic E-state index is 12.7. The first kappa shape index (κ1) is 20.4. The Morgan fingerprint density at radius 2 is 1.79 bits per heavy atom. The number of nitrogens with zero attached hydrogens (tertiary/aromatic N) is 3. The van der Waals surface area contributed by atoms with E-state index in [1.165, 1.54) is 12.1 Å². The van der Waals surface area contributed by atoms with Gasteiger partial charge in [0, 0.05) is 57.9 Å². The van der Waals surface area contributed by atoms with Gasteiger partial charge in [0.2, 0.25) is 0 Å².